The summed E-state index contributed by atoms with van der Waals surface area (Å²) in [5.74, 6) is 1.05. The van der Waals surface area contributed by atoms with Crippen LogP contribution in [0.2, 0.25) is 0 Å². The molecule has 1 fully saturated rings. The van der Waals surface area contributed by atoms with Gasteiger partial charge in [-0.2, -0.15) is 0 Å². The van der Waals surface area contributed by atoms with Gasteiger partial charge in [0.1, 0.15) is 11.3 Å². The maximum Gasteiger partial charge on any atom is 0.223 e. The van der Waals surface area contributed by atoms with E-state index in [9.17, 15) is 4.79 Å². The molecule has 1 amide bonds. The molecule has 0 bridgehead atoms. The summed E-state index contributed by atoms with van der Waals surface area (Å²) in [5.41, 5.74) is 0.865. The minimum Gasteiger partial charge on any atom is -0.459 e. The number of carbonyl (C=O) groups is 1. The zero-order valence-corrected chi connectivity index (χ0v) is 12.6. The molecule has 4 nitrogen and oxygen atoms in total. The van der Waals surface area contributed by atoms with E-state index in [1.807, 2.05) is 37.3 Å². The number of para-hydroxylation sites is 1. The number of hydrogen-bond donors (Lipinski definition) is 2. The number of hydrogen-bond acceptors (Lipinski definition) is 3. The van der Waals surface area contributed by atoms with Crippen LogP contribution in [0.1, 0.15) is 38.5 Å². The van der Waals surface area contributed by atoms with Crippen LogP contribution in [0, 0.1) is 5.92 Å². The second kappa shape index (κ2) is 5.90. The first-order chi connectivity index (χ1) is 10.1. The summed E-state index contributed by atoms with van der Waals surface area (Å²) in [5, 5.41) is 7.53. The second-order valence-electron chi connectivity index (χ2n) is 5.99. The highest BCUT2D eigenvalue weighted by atomic mass is 16.3. The Morgan fingerprint density at radius 3 is 3.00 bits per heavy atom. The molecule has 2 N–H and O–H groups in total. The van der Waals surface area contributed by atoms with Gasteiger partial charge in [-0.05, 0) is 45.4 Å². The van der Waals surface area contributed by atoms with Gasteiger partial charge in [0.25, 0.3) is 0 Å². The molecule has 21 heavy (non-hydrogen) atoms. The Hall–Kier alpha value is -1.81. The molecule has 1 aromatic heterocycles. The van der Waals surface area contributed by atoms with Crippen LogP contribution in [0.5, 0.6) is 0 Å². The molecule has 2 heterocycles. The first-order valence-corrected chi connectivity index (χ1v) is 7.65. The molecule has 1 unspecified atom stereocenters. The van der Waals surface area contributed by atoms with Crippen molar-refractivity contribution in [2.45, 2.75) is 38.8 Å². The number of amides is 1. The van der Waals surface area contributed by atoms with E-state index in [2.05, 4.69) is 17.6 Å². The lowest BCUT2D eigenvalue weighted by Crippen LogP contribution is -2.42. The van der Waals surface area contributed by atoms with Gasteiger partial charge in [0.05, 0.1) is 6.04 Å². The van der Waals surface area contributed by atoms with Gasteiger partial charge in [-0.15, -0.1) is 0 Å². The lowest BCUT2D eigenvalue weighted by molar-refractivity contribution is -0.126. The summed E-state index contributed by atoms with van der Waals surface area (Å²) in [4.78, 5) is 12.4. The number of nitrogens with one attached hydrogen (secondary N) is 2. The zero-order valence-electron chi connectivity index (χ0n) is 12.6. The number of benzene rings is 1. The number of carbonyl (C=O) groups excluding carboxylic acids is 1. The first kappa shape index (κ1) is 14.1. The minimum absolute atomic E-state index is 0.102. The number of fused-ring (bicyclic) bond motifs is 1. The molecule has 1 aromatic carbocycles. The van der Waals surface area contributed by atoms with Crippen LogP contribution < -0.4 is 10.6 Å². The van der Waals surface area contributed by atoms with E-state index in [-0.39, 0.29) is 17.9 Å². The summed E-state index contributed by atoms with van der Waals surface area (Å²) in [6, 6.07) is 10.2. The molecule has 1 saturated heterocycles. The molecule has 3 atom stereocenters. The van der Waals surface area contributed by atoms with Gasteiger partial charge in [-0.3, -0.25) is 4.79 Å². The van der Waals surface area contributed by atoms with Gasteiger partial charge in [0, 0.05) is 17.3 Å². The molecule has 1 aliphatic heterocycles. The van der Waals surface area contributed by atoms with Crippen molar-refractivity contribution < 1.29 is 9.21 Å². The Balaban J connectivity index is 1.67. The molecular formula is C17H22N2O2. The summed E-state index contributed by atoms with van der Waals surface area (Å²) < 4.78 is 5.81. The third-order valence-electron chi connectivity index (χ3n) is 4.22. The predicted molar refractivity (Wildman–Crippen MR) is 83.0 cm³/mol. The fourth-order valence-corrected chi connectivity index (χ4v) is 2.99. The van der Waals surface area contributed by atoms with Gasteiger partial charge in [-0.25, -0.2) is 0 Å². The van der Waals surface area contributed by atoms with Crippen LogP contribution in [0.3, 0.4) is 0 Å². The standard InChI is InChI=1S/C17H22N2O2/c1-11-9-14(7-8-18-11)17(20)19-12(2)16-10-13-5-3-4-6-15(13)21-16/h3-6,10-12,14,18H,7-9H2,1-2H3,(H,19,20)/t11-,12?,14-/m0/s1. The molecule has 1 aliphatic rings. The van der Waals surface area contributed by atoms with Gasteiger partial charge in [-0.1, -0.05) is 18.2 Å². The summed E-state index contributed by atoms with van der Waals surface area (Å²) in [6.07, 6.45) is 1.81. The van der Waals surface area contributed by atoms with E-state index < -0.39 is 0 Å². The third kappa shape index (κ3) is 3.10. The highest BCUT2D eigenvalue weighted by Gasteiger charge is 2.26. The van der Waals surface area contributed by atoms with E-state index in [1.165, 1.54) is 0 Å². The lowest BCUT2D eigenvalue weighted by Gasteiger charge is -2.27. The Kier molecular flexibility index (Phi) is 3.97. The highest BCUT2D eigenvalue weighted by Crippen LogP contribution is 2.24. The Morgan fingerprint density at radius 2 is 2.24 bits per heavy atom. The van der Waals surface area contributed by atoms with Crippen LogP contribution in [-0.2, 0) is 4.79 Å². The van der Waals surface area contributed by atoms with E-state index in [4.69, 9.17) is 4.42 Å². The van der Waals surface area contributed by atoms with Crippen molar-refractivity contribution in [3.8, 4) is 0 Å². The summed E-state index contributed by atoms with van der Waals surface area (Å²) >= 11 is 0. The monoisotopic (exact) mass is 286 g/mol. The van der Waals surface area contributed by atoms with Crippen LogP contribution in [0.25, 0.3) is 11.0 Å². The molecule has 4 heteroatoms. The lowest BCUT2D eigenvalue weighted by atomic mass is 9.92. The predicted octanol–water partition coefficient (Wildman–Crippen LogP) is 3.00. The zero-order chi connectivity index (χ0) is 14.8. The third-order valence-corrected chi connectivity index (χ3v) is 4.22. The van der Waals surface area contributed by atoms with Crippen LogP contribution in [0.4, 0.5) is 0 Å². The van der Waals surface area contributed by atoms with Gasteiger partial charge < -0.3 is 15.1 Å². The maximum atomic E-state index is 12.4. The smallest absolute Gasteiger partial charge is 0.223 e. The Bertz CT molecular complexity index is 602. The number of piperidine rings is 1. The van der Waals surface area contributed by atoms with Crippen molar-refractivity contribution in [1.82, 2.24) is 10.6 Å². The molecule has 0 saturated carbocycles. The van der Waals surface area contributed by atoms with E-state index in [0.717, 1.165) is 36.1 Å². The van der Waals surface area contributed by atoms with Crippen molar-refractivity contribution in [2.75, 3.05) is 6.54 Å². The molecule has 0 spiro atoms. The van der Waals surface area contributed by atoms with Crippen LogP contribution in [-0.4, -0.2) is 18.5 Å². The van der Waals surface area contributed by atoms with Crippen LogP contribution >= 0.6 is 0 Å². The van der Waals surface area contributed by atoms with E-state index in [0.29, 0.717) is 6.04 Å². The maximum absolute atomic E-state index is 12.4. The van der Waals surface area contributed by atoms with Crippen molar-refractivity contribution in [3.05, 3.63) is 36.1 Å². The minimum atomic E-state index is -0.102. The normalized spacial score (nSPS) is 23.9. The summed E-state index contributed by atoms with van der Waals surface area (Å²) in [7, 11) is 0. The average Bonchev–Trinajstić information content (AvgIpc) is 2.91. The van der Waals surface area contributed by atoms with Crippen molar-refractivity contribution in [3.63, 3.8) is 0 Å². The van der Waals surface area contributed by atoms with Gasteiger partial charge in [0.2, 0.25) is 5.91 Å². The van der Waals surface area contributed by atoms with E-state index in [1.54, 1.807) is 0 Å². The summed E-state index contributed by atoms with van der Waals surface area (Å²) in [6.45, 7) is 5.01. The van der Waals surface area contributed by atoms with Crippen molar-refractivity contribution >= 4 is 16.9 Å². The van der Waals surface area contributed by atoms with Gasteiger partial charge in [0.15, 0.2) is 0 Å². The molecule has 3 rings (SSSR count). The van der Waals surface area contributed by atoms with Crippen molar-refractivity contribution in [1.29, 1.82) is 0 Å². The number of rotatable bonds is 3. The molecular weight excluding hydrogens is 264 g/mol. The Labute approximate surface area is 124 Å². The molecule has 0 aliphatic carbocycles. The highest BCUT2D eigenvalue weighted by molar-refractivity contribution is 5.80. The largest absolute Gasteiger partial charge is 0.459 e. The SMILES string of the molecule is CC(NC(=O)[C@H]1CCN[C@@H](C)C1)c1cc2ccccc2o1. The average molecular weight is 286 g/mol. The molecule has 112 valence electrons. The van der Waals surface area contributed by atoms with Crippen molar-refractivity contribution in [2.24, 2.45) is 5.92 Å². The quantitative estimate of drug-likeness (QED) is 0.912. The first-order valence-electron chi connectivity index (χ1n) is 7.65. The second-order valence-corrected chi connectivity index (χ2v) is 5.99. The molecule has 2 aromatic rings. The number of furan rings is 1. The topological polar surface area (TPSA) is 54.3 Å². The van der Waals surface area contributed by atoms with Crippen LogP contribution in [0.15, 0.2) is 34.7 Å². The fraction of sp³-hybridized carbons (Fsp3) is 0.471. The Morgan fingerprint density at radius 1 is 1.43 bits per heavy atom. The fourth-order valence-electron chi connectivity index (χ4n) is 2.99. The van der Waals surface area contributed by atoms with Gasteiger partial charge >= 0.3 is 0 Å². The van der Waals surface area contributed by atoms with E-state index >= 15 is 0 Å². The molecule has 0 radical (unpaired) electrons.